The second-order valence-electron chi connectivity index (χ2n) is 4.41. The number of hydrogen-bond donors (Lipinski definition) is 0. The van der Waals surface area contributed by atoms with E-state index < -0.39 is 29.4 Å². The fraction of sp³-hybridized carbons (Fsp3) is 0.417. The first kappa shape index (κ1) is 16.4. The molecular formula is C12H9F3N4O2. The molecule has 0 N–H and O–H groups in total. The van der Waals surface area contributed by atoms with Crippen LogP contribution >= 0.6 is 0 Å². The average molecular weight is 298 g/mol. The third kappa shape index (κ3) is 4.73. The molecule has 0 aliphatic rings. The van der Waals surface area contributed by atoms with Gasteiger partial charge in [-0.3, -0.25) is 15.1 Å². The van der Waals surface area contributed by atoms with Gasteiger partial charge in [-0.25, -0.2) is 0 Å². The van der Waals surface area contributed by atoms with Crippen LogP contribution in [0.15, 0.2) is 18.5 Å². The first-order chi connectivity index (χ1) is 9.71. The second kappa shape index (κ2) is 6.18. The number of nitriles is 2. The maximum Gasteiger partial charge on any atom is 0.389 e. The highest BCUT2D eigenvalue weighted by Gasteiger charge is 2.37. The molecule has 21 heavy (non-hydrogen) atoms. The summed E-state index contributed by atoms with van der Waals surface area (Å²) < 4.78 is 36.7. The van der Waals surface area contributed by atoms with Crippen molar-refractivity contribution in [1.29, 1.82) is 10.5 Å². The Morgan fingerprint density at radius 3 is 2.33 bits per heavy atom. The molecule has 0 bridgehead atoms. The molecule has 1 aromatic heterocycles. The molecule has 0 saturated heterocycles. The fourth-order valence-corrected chi connectivity index (χ4v) is 1.68. The first-order valence-corrected chi connectivity index (χ1v) is 5.69. The van der Waals surface area contributed by atoms with Crippen LogP contribution < -0.4 is 0 Å². The molecule has 1 aromatic rings. The zero-order chi connectivity index (χ0) is 16.1. The van der Waals surface area contributed by atoms with E-state index in [9.17, 15) is 23.3 Å². The van der Waals surface area contributed by atoms with Crippen molar-refractivity contribution in [2.75, 3.05) is 0 Å². The Morgan fingerprint density at radius 2 is 1.86 bits per heavy atom. The predicted molar refractivity (Wildman–Crippen MR) is 63.5 cm³/mol. The Labute approximate surface area is 117 Å². The lowest BCUT2D eigenvalue weighted by Gasteiger charge is -2.19. The highest BCUT2D eigenvalue weighted by molar-refractivity contribution is 5.32. The molecule has 0 fully saturated rings. The summed E-state index contributed by atoms with van der Waals surface area (Å²) in [6, 6.07) is 4.24. The Kier molecular flexibility index (Phi) is 4.82. The number of halogens is 3. The van der Waals surface area contributed by atoms with Crippen molar-refractivity contribution < 1.29 is 18.1 Å². The Morgan fingerprint density at radius 1 is 1.24 bits per heavy atom. The van der Waals surface area contributed by atoms with E-state index in [4.69, 9.17) is 10.5 Å². The van der Waals surface area contributed by atoms with Gasteiger partial charge in [0.25, 0.3) is 5.69 Å². The molecule has 1 heterocycles. The molecule has 9 heteroatoms. The molecule has 0 aliphatic carbocycles. The lowest BCUT2D eigenvalue weighted by atomic mass is 9.80. The van der Waals surface area contributed by atoms with Gasteiger partial charge in [-0.15, -0.1) is 0 Å². The summed E-state index contributed by atoms with van der Waals surface area (Å²) in [7, 11) is 0. The SMILES string of the molecule is N#CC(C#N)(CCC(F)(F)F)Cc1cncc([N+](=O)[O-])c1. The van der Waals surface area contributed by atoms with Gasteiger partial charge in [-0.05, 0) is 12.0 Å². The van der Waals surface area contributed by atoms with E-state index in [0.29, 0.717) is 0 Å². The molecule has 6 nitrogen and oxygen atoms in total. The molecule has 0 aliphatic heterocycles. The Hall–Kier alpha value is -2.68. The molecule has 0 unspecified atom stereocenters. The number of pyridine rings is 1. The maximum atomic E-state index is 12.2. The van der Waals surface area contributed by atoms with Crippen LogP contribution in [0.5, 0.6) is 0 Å². The third-order valence-corrected chi connectivity index (χ3v) is 2.76. The summed E-state index contributed by atoms with van der Waals surface area (Å²) in [6.45, 7) is 0. The number of hydrogen-bond acceptors (Lipinski definition) is 5. The van der Waals surface area contributed by atoms with Crippen LogP contribution in [-0.2, 0) is 6.42 Å². The summed E-state index contributed by atoms with van der Waals surface area (Å²) in [5.74, 6) is 0. The monoisotopic (exact) mass is 298 g/mol. The average Bonchev–Trinajstić information content (AvgIpc) is 2.43. The summed E-state index contributed by atoms with van der Waals surface area (Å²) >= 11 is 0. The quantitative estimate of drug-likeness (QED) is 0.614. The largest absolute Gasteiger partial charge is 0.389 e. The van der Waals surface area contributed by atoms with Crippen LogP contribution in [-0.4, -0.2) is 16.1 Å². The van der Waals surface area contributed by atoms with Crippen LogP contribution in [0, 0.1) is 38.2 Å². The zero-order valence-electron chi connectivity index (χ0n) is 10.6. The lowest BCUT2D eigenvalue weighted by molar-refractivity contribution is -0.385. The van der Waals surface area contributed by atoms with Gasteiger partial charge in [0.2, 0.25) is 0 Å². The molecule has 0 atom stereocenters. The molecule has 110 valence electrons. The van der Waals surface area contributed by atoms with Gasteiger partial charge in [0.1, 0.15) is 11.6 Å². The third-order valence-electron chi connectivity index (χ3n) is 2.76. The van der Waals surface area contributed by atoms with E-state index >= 15 is 0 Å². The molecule has 0 saturated carbocycles. The number of rotatable bonds is 5. The van der Waals surface area contributed by atoms with Gasteiger partial charge in [-0.1, -0.05) is 0 Å². The minimum Gasteiger partial charge on any atom is -0.258 e. The summed E-state index contributed by atoms with van der Waals surface area (Å²) in [5.41, 5.74) is -2.09. The topological polar surface area (TPSA) is 104 Å². The van der Waals surface area contributed by atoms with Gasteiger partial charge in [0.15, 0.2) is 0 Å². The van der Waals surface area contributed by atoms with Crippen molar-refractivity contribution in [2.45, 2.75) is 25.4 Å². The van der Waals surface area contributed by atoms with Gasteiger partial charge in [0, 0.05) is 25.1 Å². The molecule has 0 radical (unpaired) electrons. The summed E-state index contributed by atoms with van der Waals surface area (Å²) in [6.07, 6.45) is -4.67. The zero-order valence-corrected chi connectivity index (χ0v) is 10.6. The van der Waals surface area contributed by atoms with Crippen molar-refractivity contribution in [3.8, 4) is 12.1 Å². The maximum absolute atomic E-state index is 12.2. The minimum absolute atomic E-state index is 0.162. The summed E-state index contributed by atoms with van der Waals surface area (Å²) in [5, 5.41) is 28.6. The van der Waals surface area contributed by atoms with Crippen LogP contribution in [0.3, 0.4) is 0 Å². The predicted octanol–water partition coefficient (Wildman–Crippen LogP) is 2.91. The van der Waals surface area contributed by atoms with E-state index in [-0.39, 0.29) is 17.7 Å². The van der Waals surface area contributed by atoms with E-state index in [1.165, 1.54) is 6.20 Å². The second-order valence-corrected chi connectivity index (χ2v) is 4.41. The van der Waals surface area contributed by atoms with Crippen LogP contribution in [0.1, 0.15) is 18.4 Å². The lowest BCUT2D eigenvalue weighted by Crippen LogP contribution is -2.23. The number of aromatic nitrogens is 1. The molecule has 1 rings (SSSR count). The standard InChI is InChI=1S/C12H9F3N4O2/c13-12(14,15)2-1-11(7-16,8-17)4-9-3-10(19(20)21)6-18-5-9/h3,5-6H,1-2,4H2. The highest BCUT2D eigenvalue weighted by atomic mass is 19.4. The van der Waals surface area contributed by atoms with Crippen molar-refractivity contribution in [2.24, 2.45) is 5.41 Å². The van der Waals surface area contributed by atoms with E-state index in [0.717, 1.165) is 12.3 Å². The van der Waals surface area contributed by atoms with Crippen LogP contribution in [0.2, 0.25) is 0 Å². The number of nitrogens with zero attached hydrogens (tertiary/aromatic N) is 4. The van der Waals surface area contributed by atoms with Gasteiger partial charge >= 0.3 is 6.18 Å². The molecule has 0 spiro atoms. The fourth-order valence-electron chi connectivity index (χ4n) is 1.68. The van der Waals surface area contributed by atoms with Crippen molar-refractivity contribution in [1.82, 2.24) is 4.98 Å². The molecule has 0 aromatic carbocycles. The summed E-state index contributed by atoms with van der Waals surface area (Å²) in [4.78, 5) is 13.5. The normalized spacial score (nSPS) is 11.5. The molecular weight excluding hydrogens is 289 g/mol. The molecule has 0 amide bonds. The Bertz CT molecular complexity index is 602. The van der Waals surface area contributed by atoms with Crippen molar-refractivity contribution in [3.63, 3.8) is 0 Å². The van der Waals surface area contributed by atoms with E-state index in [1.54, 1.807) is 12.1 Å². The van der Waals surface area contributed by atoms with E-state index in [1.807, 2.05) is 0 Å². The van der Waals surface area contributed by atoms with Gasteiger partial charge < -0.3 is 0 Å². The highest BCUT2D eigenvalue weighted by Crippen LogP contribution is 2.33. The Balaban J connectivity index is 2.99. The number of nitro groups is 1. The van der Waals surface area contributed by atoms with Gasteiger partial charge in [-0.2, -0.15) is 23.7 Å². The minimum atomic E-state index is -4.49. The van der Waals surface area contributed by atoms with Crippen molar-refractivity contribution in [3.05, 3.63) is 34.1 Å². The van der Waals surface area contributed by atoms with E-state index in [2.05, 4.69) is 4.98 Å². The van der Waals surface area contributed by atoms with Gasteiger partial charge in [0.05, 0.1) is 17.1 Å². The number of alkyl halides is 3. The first-order valence-electron chi connectivity index (χ1n) is 5.69. The van der Waals surface area contributed by atoms with Crippen LogP contribution in [0.25, 0.3) is 0 Å². The smallest absolute Gasteiger partial charge is 0.258 e. The van der Waals surface area contributed by atoms with Crippen LogP contribution in [0.4, 0.5) is 18.9 Å². The van der Waals surface area contributed by atoms with Crippen molar-refractivity contribution >= 4 is 5.69 Å².